The van der Waals surface area contributed by atoms with E-state index in [4.69, 9.17) is 0 Å². The predicted molar refractivity (Wildman–Crippen MR) is 53.5 cm³/mol. The summed E-state index contributed by atoms with van der Waals surface area (Å²) in [5.41, 5.74) is -0.887. The van der Waals surface area contributed by atoms with E-state index in [9.17, 15) is 13.2 Å². The van der Waals surface area contributed by atoms with E-state index in [0.29, 0.717) is 10.4 Å². The van der Waals surface area contributed by atoms with Gasteiger partial charge in [0, 0.05) is 13.2 Å². The van der Waals surface area contributed by atoms with Gasteiger partial charge in [0.1, 0.15) is 10.3 Å². The molecule has 86 valence electrons. The van der Waals surface area contributed by atoms with E-state index in [2.05, 4.69) is 30.9 Å². The van der Waals surface area contributed by atoms with Crippen LogP contribution in [0, 0.1) is 0 Å². The van der Waals surface area contributed by atoms with Gasteiger partial charge in [-0.3, -0.25) is 0 Å². The highest BCUT2D eigenvalue weighted by Gasteiger charge is 2.33. The van der Waals surface area contributed by atoms with E-state index >= 15 is 0 Å². The molecule has 0 spiro atoms. The summed E-state index contributed by atoms with van der Waals surface area (Å²) in [4.78, 5) is 9.83. The van der Waals surface area contributed by atoms with E-state index < -0.39 is 11.9 Å². The van der Waals surface area contributed by atoms with Gasteiger partial charge < -0.3 is 9.55 Å². The summed E-state index contributed by atoms with van der Waals surface area (Å²) in [6, 6.07) is 0. The molecule has 0 saturated carbocycles. The number of aryl methyl sites for hydroxylation is 1. The second-order valence-corrected chi connectivity index (χ2v) is 3.95. The van der Waals surface area contributed by atoms with Crippen LogP contribution in [-0.4, -0.2) is 19.5 Å². The summed E-state index contributed by atoms with van der Waals surface area (Å²) in [5.74, 6) is 0.419. The highest BCUT2D eigenvalue weighted by molar-refractivity contribution is 9.10. The minimum Gasteiger partial charge on any atom is -0.332 e. The number of alkyl halides is 3. The zero-order valence-corrected chi connectivity index (χ0v) is 9.59. The van der Waals surface area contributed by atoms with E-state index in [-0.39, 0.29) is 5.82 Å². The molecule has 0 radical (unpaired) electrons. The fourth-order valence-electron chi connectivity index (χ4n) is 1.23. The number of aromatic amines is 1. The molecule has 2 rings (SSSR count). The van der Waals surface area contributed by atoms with Gasteiger partial charge in [0.25, 0.3) is 0 Å². The Hall–Kier alpha value is -1.31. The van der Waals surface area contributed by atoms with Crippen LogP contribution in [-0.2, 0) is 13.2 Å². The van der Waals surface area contributed by atoms with Crippen LogP contribution in [0.25, 0.3) is 11.6 Å². The maximum atomic E-state index is 12.3. The number of imidazole rings is 2. The molecule has 16 heavy (non-hydrogen) atoms. The van der Waals surface area contributed by atoms with Gasteiger partial charge in [-0.1, -0.05) is 0 Å². The molecule has 2 aromatic rings. The van der Waals surface area contributed by atoms with E-state index in [1.54, 1.807) is 17.8 Å². The Labute approximate surface area is 96.7 Å². The lowest BCUT2D eigenvalue weighted by Crippen LogP contribution is -2.05. The summed E-state index contributed by atoms with van der Waals surface area (Å²) in [6.45, 7) is 0. The molecule has 0 unspecified atom stereocenters. The van der Waals surface area contributed by atoms with Crippen LogP contribution in [0.5, 0.6) is 0 Å². The van der Waals surface area contributed by atoms with Gasteiger partial charge in [-0.05, 0) is 15.9 Å². The third-order valence-electron chi connectivity index (χ3n) is 1.94. The first-order chi connectivity index (χ1) is 7.38. The number of rotatable bonds is 1. The van der Waals surface area contributed by atoms with Crippen LogP contribution in [0.4, 0.5) is 13.2 Å². The van der Waals surface area contributed by atoms with Crippen LogP contribution in [0.15, 0.2) is 17.0 Å². The van der Waals surface area contributed by atoms with E-state index in [1.165, 1.54) is 0 Å². The van der Waals surface area contributed by atoms with Crippen molar-refractivity contribution in [3.05, 3.63) is 22.7 Å². The van der Waals surface area contributed by atoms with Crippen LogP contribution in [0.1, 0.15) is 5.69 Å². The Morgan fingerprint density at radius 3 is 2.56 bits per heavy atom. The predicted octanol–water partition coefficient (Wildman–Crippen LogP) is 2.59. The minimum absolute atomic E-state index is 0.0838. The summed E-state index contributed by atoms with van der Waals surface area (Å²) in [7, 11) is 1.67. The first-order valence-electron chi connectivity index (χ1n) is 4.19. The molecule has 0 aliphatic heterocycles. The Balaban J connectivity index is 2.43. The minimum atomic E-state index is -4.42. The molecule has 0 atom stereocenters. The lowest BCUT2D eigenvalue weighted by molar-refractivity contribution is -0.140. The van der Waals surface area contributed by atoms with Crippen molar-refractivity contribution in [2.75, 3.05) is 0 Å². The summed E-state index contributed by atoms with van der Waals surface area (Å²) in [5, 5.41) is 0. The molecule has 0 amide bonds. The van der Waals surface area contributed by atoms with Crippen molar-refractivity contribution in [3.63, 3.8) is 0 Å². The monoisotopic (exact) mass is 294 g/mol. The lowest BCUT2D eigenvalue weighted by Gasteiger charge is -2.01. The topological polar surface area (TPSA) is 46.5 Å². The number of nitrogens with one attached hydrogen (secondary N) is 1. The van der Waals surface area contributed by atoms with Crippen molar-refractivity contribution in [1.82, 2.24) is 19.5 Å². The molecular weight excluding hydrogens is 289 g/mol. The molecule has 0 fully saturated rings. The average molecular weight is 295 g/mol. The van der Waals surface area contributed by atoms with Gasteiger partial charge in [-0.25, -0.2) is 9.97 Å². The molecule has 0 bridgehead atoms. The zero-order valence-electron chi connectivity index (χ0n) is 8.01. The average Bonchev–Trinajstić information content (AvgIpc) is 2.70. The highest BCUT2D eigenvalue weighted by Crippen LogP contribution is 2.29. The lowest BCUT2D eigenvalue weighted by atomic mass is 10.5. The molecule has 0 aliphatic rings. The maximum absolute atomic E-state index is 12.3. The molecule has 8 heteroatoms. The van der Waals surface area contributed by atoms with Gasteiger partial charge in [-0.15, -0.1) is 0 Å². The number of hydrogen-bond donors (Lipinski definition) is 1. The quantitative estimate of drug-likeness (QED) is 0.879. The SMILES string of the molecule is Cn1cc(Br)nc1-c1ncc(C(F)(F)F)[nH]1. The Kier molecular flexibility index (Phi) is 2.53. The number of hydrogen-bond acceptors (Lipinski definition) is 2. The Morgan fingerprint density at radius 2 is 2.12 bits per heavy atom. The highest BCUT2D eigenvalue weighted by atomic mass is 79.9. The van der Waals surface area contributed by atoms with Gasteiger partial charge in [0.15, 0.2) is 11.6 Å². The Morgan fingerprint density at radius 1 is 1.44 bits per heavy atom. The van der Waals surface area contributed by atoms with Crippen LogP contribution in [0.2, 0.25) is 0 Å². The number of H-pyrrole nitrogens is 1. The van der Waals surface area contributed by atoms with Crippen molar-refractivity contribution in [3.8, 4) is 11.6 Å². The van der Waals surface area contributed by atoms with Gasteiger partial charge in [-0.2, -0.15) is 13.2 Å². The van der Waals surface area contributed by atoms with E-state index in [0.717, 1.165) is 6.20 Å². The molecule has 0 aliphatic carbocycles. The van der Waals surface area contributed by atoms with Crippen molar-refractivity contribution in [2.45, 2.75) is 6.18 Å². The first-order valence-corrected chi connectivity index (χ1v) is 4.98. The van der Waals surface area contributed by atoms with Crippen molar-refractivity contribution >= 4 is 15.9 Å². The summed E-state index contributed by atoms with van der Waals surface area (Å²) < 4.78 is 39.1. The van der Waals surface area contributed by atoms with Crippen molar-refractivity contribution < 1.29 is 13.2 Å². The maximum Gasteiger partial charge on any atom is 0.432 e. The third-order valence-corrected chi connectivity index (χ3v) is 2.32. The summed E-state index contributed by atoms with van der Waals surface area (Å²) >= 11 is 3.13. The van der Waals surface area contributed by atoms with Crippen LogP contribution < -0.4 is 0 Å². The molecule has 2 heterocycles. The Bertz CT molecular complexity index is 514. The molecular formula is C8H6BrF3N4. The molecule has 0 saturated heterocycles. The van der Waals surface area contributed by atoms with Gasteiger partial charge >= 0.3 is 6.18 Å². The second-order valence-electron chi connectivity index (χ2n) is 3.14. The first kappa shape index (κ1) is 11.2. The molecule has 1 N–H and O–H groups in total. The number of aromatic nitrogens is 4. The molecule has 0 aromatic carbocycles. The smallest absolute Gasteiger partial charge is 0.332 e. The van der Waals surface area contributed by atoms with Crippen molar-refractivity contribution in [1.29, 1.82) is 0 Å². The van der Waals surface area contributed by atoms with Crippen molar-refractivity contribution in [2.24, 2.45) is 7.05 Å². The molecule has 4 nitrogen and oxygen atoms in total. The van der Waals surface area contributed by atoms with Crippen LogP contribution >= 0.6 is 15.9 Å². The fraction of sp³-hybridized carbons (Fsp3) is 0.250. The molecule has 2 aromatic heterocycles. The van der Waals surface area contributed by atoms with E-state index in [1.807, 2.05) is 0 Å². The number of nitrogens with zero attached hydrogens (tertiary/aromatic N) is 3. The van der Waals surface area contributed by atoms with Gasteiger partial charge in [0.05, 0.1) is 6.20 Å². The zero-order chi connectivity index (χ0) is 11.9. The summed E-state index contributed by atoms with van der Waals surface area (Å²) in [6.07, 6.45) is -2.04. The third kappa shape index (κ3) is 1.97. The van der Waals surface area contributed by atoms with Crippen LogP contribution in [0.3, 0.4) is 0 Å². The fourth-order valence-corrected chi connectivity index (χ4v) is 1.70. The normalized spacial score (nSPS) is 12.1. The second kappa shape index (κ2) is 3.62. The standard InChI is InChI=1S/C8H6BrF3N4/c1-16-3-5(9)15-7(16)6-13-2-4(14-6)8(10,11)12/h2-3H,1H3,(H,13,14). The number of halogens is 4. The van der Waals surface area contributed by atoms with Gasteiger partial charge in [0.2, 0.25) is 0 Å². The largest absolute Gasteiger partial charge is 0.432 e.